The zero-order valence-corrected chi connectivity index (χ0v) is 12.0. The number of aromatic nitrogens is 4. The average Bonchev–Trinajstić information content (AvgIpc) is 2.54. The monoisotopic (exact) mass is 293 g/mol. The molecule has 0 saturated carbocycles. The molecule has 0 fully saturated rings. The summed E-state index contributed by atoms with van der Waals surface area (Å²) in [5, 5.41) is 6.18. The summed E-state index contributed by atoms with van der Waals surface area (Å²) in [5.41, 5.74) is 7.52. The standard InChI is InChI=1S/C15H15N7/c1-10-5-4-8-18-13(10)22-15-12(16)14(19-9-20-15)21-11-6-2-3-7-17-11/h2-9H,16H2,1H3,(H2,17,18,19,20,21,22). The van der Waals surface area contributed by atoms with Gasteiger partial charge in [-0.05, 0) is 30.7 Å². The van der Waals surface area contributed by atoms with E-state index in [1.54, 1.807) is 12.4 Å². The van der Waals surface area contributed by atoms with Crippen LogP contribution in [0.25, 0.3) is 0 Å². The van der Waals surface area contributed by atoms with Gasteiger partial charge in [0.1, 0.15) is 23.7 Å². The van der Waals surface area contributed by atoms with Crippen LogP contribution in [0.15, 0.2) is 49.1 Å². The topological polar surface area (TPSA) is 102 Å². The maximum Gasteiger partial charge on any atom is 0.160 e. The van der Waals surface area contributed by atoms with E-state index in [1.807, 2.05) is 37.3 Å². The van der Waals surface area contributed by atoms with Crippen molar-refractivity contribution in [3.63, 3.8) is 0 Å². The lowest BCUT2D eigenvalue weighted by Crippen LogP contribution is -2.06. The normalized spacial score (nSPS) is 10.2. The zero-order chi connectivity index (χ0) is 15.4. The van der Waals surface area contributed by atoms with Gasteiger partial charge in [0, 0.05) is 12.4 Å². The van der Waals surface area contributed by atoms with Crippen LogP contribution >= 0.6 is 0 Å². The average molecular weight is 293 g/mol. The Balaban J connectivity index is 1.88. The molecule has 3 aromatic heterocycles. The molecule has 0 bridgehead atoms. The summed E-state index contributed by atoms with van der Waals surface area (Å²) in [6.07, 6.45) is 4.83. The Kier molecular flexibility index (Phi) is 3.78. The Labute approximate surface area is 127 Å². The highest BCUT2D eigenvalue weighted by molar-refractivity contribution is 5.79. The lowest BCUT2D eigenvalue weighted by atomic mass is 10.3. The molecule has 0 unspecified atom stereocenters. The van der Waals surface area contributed by atoms with E-state index >= 15 is 0 Å². The fourth-order valence-corrected chi connectivity index (χ4v) is 1.88. The summed E-state index contributed by atoms with van der Waals surface area (Å²) in [4.78, 5) is 16.8. The molecule has 0 spiro atoms. The SMILES string of the molecule is Cc1cccnc1Nc1ncnc(Nc2ccccn2)c1N. The van der Waals surface area contributed by atoms with Crippen LogP contribution < -0.4 is 16.4 Å². The third kappa shape index (κ3) is 2.93. The number of hydrogen-bond donors (Lipinski definition) is 3. The van der Waals surface area contributed by atoms with E-state index < -0.39 is 0 Å². The third-order valence-electron chi connectivity index (χ3n) is 3.04. The first-order valence-electron chi connectivity index (χ1n) is 6.71. The number of nitrogen functional groups attached to an aromatic ring is 1. The smallest absolute Gasteiger partial charge is 0.160 e. The molecule has 3 aromatic rings. The van der Waals surface area contributed by atoms with E-state index in [9.17, 15) is 0 Å². The molecule has 4 N–H and O–H groups in total. The lowest BCUT2D eigenvalue weighted by Gasteiger charge is -2.12. The van der Waals surface area contributed by atoms with Crippen LogP contribution in [0, 0.1) is 6.92 Å². The van der Waals surface area contributed by atoms with Gasteiger partial charge in [-0.2, -0.15) is 0 Å². The first-order chi connectivity index (χ1) is 10.7. The molecule has 110 valence electrons. The van der Waals surface area contributed by atoms with Gasteiger partial charge in [-0.15, -0.1) is 0 Å². The summed E-state index contributed by atoms with van der Waals surface area (Å²) < 4.78 is 0. The fraction of sp³-hybridized carbons (Fsp3) is 0.0667. The summed E-state index contributed by atoms with van der Waals surface area (Å²) in [6, 6.07) is 9.38. The quantitative estimate of drug-likeness (QED) is 0.679. The number of aryl methyl sites for hydroxylation is 1. The molecule has 0 radical (unpaired) electrons. The first kappa shape index (κ1) is 13.7. The van der Waals surface area contributed by atoms with E-state index in [-0.39, 0.29) is 0 Å². The summed E-state index contributed by atoms with van der Waals surface area (Å²) in [6.45, 7) is 1.96. The van der Waals surface area contributed by atoms with Crippen LogP contribution in [0.5, 0.6) is 0 Å². The van der Waals surface area contributed by atoms with Gasteiger partial charge in [-0.25, -0.2) is 19.9 Å². The number of nitrogens with one attached hydrogen (secondary N) is 2. The van der Waals surface area contributed by atoms with E-state index in [4.69, 9.17) is 5.73 Å². The molecule has 0 atom stereocenters. The second-order valence-corrected chi connectivity index (χ2v) is 4.62. The Morgan fingerprint density at radius 3 is 2.32 bits per heavy atom. The number of nitrogens with two attached hydrogens (primary N) is 1. The fourth-order valence-electron chi connectivity index (χ4n) is 1.88. The van der Waals surface area contributed by atoms with Gasteiger partial charge in [-0.1, -0.05) is 12.1 Å². The molecule has 0 aliphatic rings. The maximum atomic E-state index is 6.12. The summed E-state index contributed by atoms with van der Waals surface area (Å²) in [5.74, 6) is 2.35. The minimum absolute atomic E-state index is 0.401. The first-order valence-corrected chi connectivity index (χ1v) is 6.71. The molecule has 3 heterocycles. The van der Waals surface area contributed by atoms with Crippen LogP contribution in [-0.4, -0.2) is 19.9 Å². The Morgan fingerprint density at radius 2 is 1.59 bits per heavy atom. The molecule has 22 heavy (non-hydrogen) atoms. The highest BCUT2D eigenvalue weighted by Crippen LogP contribution is 2.27. The second kappa shape index (κ2) is 6.04. The van der Waals surface area contributed by atoms with Crippen molar-refractivity contribution in [2.45, 2.75) is 6.92 Å². The van der Waals surface area contributed by atoms with E-state index in [0.29, 0.717) is 29.0 Å². The van der Waals surface area contributed by atoms with E-state index in [2.05, 4.69) is 30.6 Å². The number of rotatable bonds is 4. The Hall–Kier alpha value is -3.22. The van der Waals surface area contributed by atoms with Gasteiger partial charge in [0.05, 0.1) is 0 Å². The van der Waals surface area contributed by atoms with Crippen LogP contribution in [-0.2, 0) is 0 Å². The van der Waals surface area contributed by atoms with Crippen molar-refractivity contribution in [2.24, 2.45) is 0 Å². The van der Waals surface area contributed by atoms with Crippen molar-refractivity contribution in [1.82, 2.24) is 19.9 Å². The van der Waals surface area contributed by atoms with E-state index in [1.165, 1.54) is 6.33 Å². The molecule has 0 aromatic carbocycles. The van der Waals surface area contributed by atoms with Crippen molar-refractivity contribution >= 4 is 29.0 Å². The molecular formula is C15H15N7. The summed E-state index contributed by atoms with van der Waals surface area (Å²) in [7, 11) is 0. The van der Waals surface area contributed by atoms with Gasteiger partial charge in [0.2, 0.25) is 0 Å². The molecule has 7 nitrogen and oxygen atoms in total. The lowest BCUT2D eigenvalue weighted by molar-refractivity contribution is 1.15. The molecule has 7 heteroatoms. The van der Waals surface area contributed by atoms with Gasteiger partial charge >= 0.3 is 0 Å². The van der Waals surface area contributed by atoms with Crippen molar-refractivity contribution in [2.75, 3.05) is 16.4 Å². The minimum Gasteiger partial charge on any atom is -0.393 e. The molecule has 0 aliphatic carbocycles. The Morgan fingerprint density at radius 1 is 0.818 bits per heavy atom. The summed E-state index contributed by atoms with van der Waals surface area (Å²) >= 11 is 0. The highest BCUT2D eigenvalue weighted by atomic mass is 15.1. The molecular weight excluding hydrogens is 278 g/mol. The van der Waals surface area contributed by atoms with Gasteiger partial charge in [0.25, 0.3) is 0 Å². The number of hydrogen-bond acceptors (Lipinski definition) is 7. The van der Waals surface area contributed by atoms with Gasteiger partial charge in [0.15, 0.2) is 11.6 Å². The van der Waals surface area contributed by atoms with Crippen LogP contribution in [0.4, 0.5) is 29.0 Å². The van der Waals surface area contributed by atoms with Crippen LogP contribution in [0.2, 0.25) is 0 Å². The predicted molar refractivity (Wildman–Crippen MR) is 86.2 cm³/mol. The Bertz CT molecular complexity index is 774. The molecule has 0 aliphatic heterocycles. The maximum absolute atomic E-state index is 6.12. The van der Waals surface area contributed by atoms with Crippen LogP contribution in [0.3, 0.4) is 0 Å². The van der Waals surface area contributed by atoms with Crippen molar-refractivity contribution in [3.05, 3.63) is 54.6 Å². The number of pyridine rings is 2. The zero-order valence-electron chi connectivity index (χ0n) is 12.0. The van der Waals surface area contributed by atoms with Crippen molar-refractivity contribution in [3.8, 4) is 0 Å². The predicted octanol–water partition coefficient (Wildman–Crippen LogP) is 2.64. The minimum atomic E-state index is 0.401. The second-order valence-electron chi connectivity index (χ2n) is 4.62. The van der Waals surface area contributed by atoms with Gasteiger partial charge < -0.3 is 16.4 Å². The van der Waals surface area contributed by atoms with E-state index in [0.717, 1.165) is 5.56 Å². The number of nitrogens with zero attached hydrogens (tertiary/aromatic N) is 4. The van der Waals surface area contributed by atoms with Crippen molar-refractivity contribution in [1.29, 1.82) is 0 Å². The third-order valence-corrected chi connectivity index (χ3v) is 3.04. The number of anilines is 5. The molecule has 0 amide bonds. The largest absolute Gasteiger partial charge is 0.393 e. The highest BCUT2D eigenvalue weighted by Gasteiger charge is 2.10. The van der Waals surface area contributed by atoms with Gasteiger partial charge in [-0.3, -0.25) is 0 Å². The molecule has 0 saturated heterocycles. The van der Waals surface area contributed by atoms with Crippen LogP contribution in [0.1, 0.15) is 5.56 Å². The van der Waals surface area contributed by atoms with Crippen molar-refractivity contribution < 1.29 is 0 Å². The molecule has 3 rings (SSSR count).